The van der Waals surface area contributed by atoms with Gasteiger partial charge in [-0.2, -0.15) is 0 Å². The molecule has 3 nitrogen and oxygen atoms in total. The largest absolute Gasteiger partial charge is 0.544 e. The fourth-order valence-corrected chi connectivity index (χ4v) is 2.02. The zero-order valence-corrected chi connectivity index (χ0v) is 8.58. The van der Waals surface area contributed by atoms with Crippen molar-refractivity contribution in [3.8, 4) is 11.1 Å². The van der Waals surface area contributed by atoms with E-state index in [1.807, 2.05) is 12.1 Å². The first-order chi connectivity index (χ1) is 7.16. The highest BCUT2D eigenvalue weighted by Gasteiger charge is 2.02. The van der Waals surface area contributed by atoms with Gasteiger partial charge in [0.05, 0.1) is 10.8 Å². The number of hydrogen-bond acceptors (Lipinski definition) is 4. The van der Waals surface area contributed by atoms with E-state index in [0.717, 1.165) is 22.5 Å². The Hall–Kier alpha value is -1.81. The minimum Gasteiger partial charge on any atom is -0.544 e. The van der Waals surface area contributed by atoms with Crippen LogP contribution in [-0.4, -0.2) is 5.97 Å². The predicted octanol–water partition coefficient (Wildman–Crippen LogP) is 1.36. The summed E-state index contributed by atoms with van der Waals surface area (Å²) in [4.78, 5) is 10.8. The third-order valence-corrected chi connectivity index (χ3v) is 2.95. The van der Waals surface area contributed by atoms with Crippen molar-refractivity contribution in [2.75, 3.05) is 5.73 Å². The topological polar surface area (TPSA) is 66.2 Å². The Labute approximate surface area is 90.8 Å². The Morgan fingerprint density at radius 1 is 1.20 bits per heavy atom. The first-order valence-corrected chi connectivity index (χ1v) is 5.20. The van der Waals surface area contributed by atoms with Crippen LogP contribution in [0, 0.1) is 0 Å². The van der Waals surface area contributed by atoms with Gasteiger partial charge in [0.15, 0.2) is 0 Å². The van der Waals surface area contributed by atoms with Crippen LogP contribution < -0.4 is 10.8 Å². The van der Waals surface area contributed by atoms with Crippen LogP contribution in [0.25, 0.3) is 11.1 Å². The van der Waals surface area contributed by atoms with Crippen molar-refractivity contribution in [1.29, 1.82) is 0 Å². The molecule has 0 aliphatic heterocycles. The molecule has 0 aliphatic rings. The summed E-state index contributed by atoms with van der Waals surface area (Å²) < 4.78 is 0. The number of rotatable bonds is 2. The summed E-state index contributed by atoms with van der Waals surface area (Å²) in [5, 5.41) is 12.4. The highest BCUT2D eigenvalue weighted by Crippen LogP contribution is 2.25. The second-order valence-electron chi connectivity index (χ2n) is 3.11. The van der Waals surface area contributed by atoms with E-state index in [4.69, 9.17) is 5.73 Å². The second kappa shape index (κ2) is 3.74. The number of aromatic carboxylic acids is 1. The van der Waals surface area contributed by atoms with Gasteiger partial charge < -0.3 is 15.6 Å². The molecule has 0 aliphatic carbocycles. The van der Waals surface area contributed by atoms with Gasteiger partial charge >= 0.3 is 0 Å². The normalized spacial score (nSPS) is 10.1. The van der Waals surface area contributed by atoms with E-state index in [0.29, 0.717) is 5.69 Å². The lowest BCUT2D eigenvalue weighted by atomic mass is 10.1. The molecule has 0 fully saturated rings. The van der Waals surface area contributed by atoms with Gasteiger partial charge in [0.1, 0.15) is 0 Å². The molecule has 2 N–H and O–H groups in total. The Kier molecular flexibility index (Phi) is 2.43. The van der Waals surface area contributed by atoms with Crippen LogP contribution in [0.4, 0.5) is 5.69 Å². The van der Waals surface area contributed by atoms with E-state index in [9.17, 15) is 9.90 Å². The molecule has 76 valence electrons. The van der Waals surface area contributed by atoms with Crippen LogP contribution in [0.1, 0.15) is 9.67 Å². The maximum absolute atomic E-state index is 10.6. The van der Waals surface area contributed by atoms with Crippen molar-refractivity contribution < 1.29 is 9.90 Å². The summed E-state index contributed by atoms with van der Waals surface area (Å²) in [5.41, 5.74) is 8.07. The molecule has 1 aromatic heterocycles. The van der Waals surface area contributed by atoms with Gasteiger partial charge in [0, 0.05) is 5.69 Å². The van der Waals surface area contributed by atoms with Crippen molar-refractivity contribution in [2.24, 2.45) is 0 Å². The van der Waals surface area contributed by atoms with Gasteiger partial charge in [-0.1, -0.05) is 12.1 Å². The molecule has 0 unspecified atom stereocenters. The second-order valence-corrected chi connectivity index (χ2v) is 4.02. The number of carboxylic acid groups (broad SMARTS) is 1. The van der Waals surface area contributed by atoms with Crippen molar-refractivity contribution in [3.05, 3.63) is 40.6 Å². The molecule has 0 bridgehead atoms. The minimum absolute atomic E-state index is 0.238. The summed E-state index contributed by atoms with van der Waals surface area (Å²) in [5.74, 6) is -1.14. The van der Waals surface area contributed by atoms with Crippen LogP contribution in [0.15, 0.2) is 35.7 Å². The van der Waals surface area contributed by atoms with Crippen molar-refractivity contribution in [2.45, 2.75) is 0 Å². The zero-order chi connectivity index (χ0) is 10.8. The monoisotopic (exact) mass is 218 g/mol. The Morgan fingerprint density at radius 2 is 1.87 bits per heavy atom. The van der Waals surface area contributed by atoms with E-state index in [2.05, 4.69) is 0 Å². The third-order valence-electron chi connectivity index (χ3n) is 2.04. The summed E-state index contributed by atoms with van der Waals surface area (Å²) in [7, 11) is 0. The third kappa shape index (κ3) is 1.99. The van der Waals surface area contributed by atoms with Gasteiger partial charge in [-0.25, -0.2) is 0 Å². The molecule has 1 aromatic carbocycles. The lowest BCUT2D eigenvalue weighted by Crippen LogP contribution is -2.20. The summed E-state index contributed by atoms with van der Waals surface area (Å²) >= 11 is 1.16. The highest BCUT2D eigenvalue weighted by molar-refractivity contribution is 7.12. The van der Waals surface area contributed by atoms with E-state index in [1.54, 1.807) is 23.6 Å². The first kappa shape index (κ1) is 9.73. The number of carboxylic acids is 1. The number of thiophene rings is 1. The Bertz CT molecular complexity index is 488. The van der Waals surface area contributed by atoms with E-state index in [-0.39, 0.29) is 4.88 Å². The molecule has 0 amide bonds. The molecule has 15 heavy (non-hydrogen) atoms. The first-order valence-electron chi connectivity index (χ1n) is 4.32. The molecule has 0 atom stereocenters. The van der Waals surface area contributed by atoms with Crippen molar-refractivity contribution in [1.82, 2.24) is 0 Å². The Morgan fingerprint density at radius 3 is 2.40 bits per heavy atom. The zero-order valence-electron chi connectivity index (χ0n) is 7.77. The van der Waals surface area contributed by atoms with Gasteiger partial charge in [-0.05, 0) is 34.7 Å². The quantitative estimate of drug-likeness (QED) is 0.774. The number of nitrogen functional groups attached to an aromatic ring is 1. The fraction of sp³-hybridized carbons (Fsp3) is 0. The number of carbonyl (C=O) groups is 1. The Balaban J connectivity index is 2.37. The highest BCUT2D eigenvalue weighted by atomic mass is 32.1. The average molecular weight is 218 g/mol. The standard InChI is InChI=1S/C11H9NO2S/c12-9-3-1-7(2-4-9)8-5-10(11(13)14)15-6-8/h1-6H,12H2,(H,13,14)/p-1. The molecule has 4 heteroatoms. The molecular weight excluding hydrogens is 210 g/mol. The maximum atomic E-state index is 10.6. The maximum Gasteiger partial charge on any atom is 0.0815 e. The predicted molar refractivity (Wildman–Crippen MR) is 58.5 cm³/mol. The van der Waals surface area contributed by atoms with Crippen LogP contribution in [0.2, 0.25) is 0 Å². The number of carbonyl (C=O) groups excluding carboxylic acids is 1. The molecule has 0 radical (unpaired) electrons. The SMILES string of the molecule is Nc1ccc(-c2csc(C(=O)[O-])c2)cc1. The molecule has 1 heterocycles. The van der Waals surface area contributed by atoms with E-state index in [1.165, 1.54) is 0 Å². The van der Waals surface area contributed by atoms with Gasteiger partial charge in [-0.3, -0.25) is 0 Å². The molecule has 0 spiro atoms. The van der Waals surface area contributed by atoms with Gasteiger partial charge in [0.25, 0.3) is 0 Å². The number of benzene rings is 1. The van der Waals surface area contributed by atoms with E-state index >= 15 is 0 Å². The minimum atomic E-state index is -1.14. The van der Waals surface area contributed by atoms with Gasteiger partial charge in [-0.15, -0.1) is 11.3 Å². The fourth-order valence-electron chi connectivity index (χ4n) is 1.27. The van der Waals surface area contributed by atoms with Crippen LogP contribution in [0.3, 0.4) is 0 Å². The van der Waals surface area contributed by atoms with Gasteiger partial charge in [0.2, 0.25) is 0 Å². The average Bonchev–Trinajstić information content (AvgIpc) is 2.68. The molecule has 2 aromatic rings. The summed E-state index contributed by atoms with van der Waals surface area (Å²) in [6.45, 7) is 0. The number of nitrogens with two attached hydrogens (primary N) is 1. The lowest BCUT2D eigenvalue weighted by Gasteiger charge is -1.98. The molecule has 2 rings (SSSR count). The van der Waals surface area contributed by atoms with Crippen molar-refractivity contribution in [3.63, 3.8) is 0 Å². The molecular formula is C11H8NO2S-. The van der Waals surface area contributed by atoms with Crippen molar-refractivity contribution >= 4 is 23.0 Å². The summed E-state index contributed by atoms with van der Waals surface area (Å²) in [6, 6.07) is 8.88. The van der Waals surface area contributed by atoms with Crippen LogP contribution in [0.5, 0.6) is 0 Å². The van der Waals surface area contributed by atoms with Crippen LogP contribution in [-0.2, 0) is 0 Å². The molecule has 0 saturated heterocycles. The van der Waals surface area contributed by atoms with E-state index < -0.39 is 5.97 Å². The smallest absolute Gasteiger partial charge is 0.0815 e. The van der Waals surface area contributed by atoms with Crippen LogP contribution >= 0.6 is 11.3 Å². The summed E-state index contributed by atoms with van der Waals surface area (Å²) in [6.07, 6.45) is 0. The lowest BCUT2D eigenvalue weighted by molar-refractivity contribution is -0.254. The number of hydrogen-bond donors (Lipinski definition) is 1. The molecule has 0 saturated carbocycles. The number of anilines is 1.